The second kappa shape index (κ2) is 9.98. The Hall–Kier alpha value is -2.75. The predicted molar refractivity (Wildman–Crippen MR) is 116 cm³/mol. The highest BCUT2D eigenvalue weighted by Gasteiger charge is 2.12. The summed E-state index contributed by atoms with van der Waals surface area (Å²) in [7, 11) is 0. The van der Waals surface area contributed by atoms with E-state index in [4.69, 9.17) is 27.9 Å². The molecule has 5 heteroatoms. The monoisotopic (exact) mass is 411 g/mol. The average Bonchev–Trinajstić information content (AvgIpc) is 2.72. The highest BCUT2D eigenvalue weighted by molar-refractivity contribution is 6.33. The maximum absolute atomic E-state index is 12.8. The normalized spacial score (nSPS) is 11.1. The molecule has 1 N–H and O–H groups in total. The molecule has 0 heterocycles. The van der Waals surface area contributed by atoms with Crippen LogP contribution in [0.2, 0.25) is 10.0 Å². The van der Waals surface area contributed by atoms with Crippen LogP contribution in [0.4, 0.5) is 0 Å². The van der Waals surface area contributed by atoms with Gasteiger partial charge in [-0.3, -0.25) is 4.79 Å². The van der Waals surface area contributed by atoms with Crippen LogP contribution >= 0.6 is 23.2 Å². The lowest BCUT2D eigenvalue weighted by atomic mass is 10.0. The molecule has 0 saturated carbocycles. The molecule has 0 unspecified atom stereocenters. The van der Waals surface area contributed by atoms with Crippen molar-refractivity contribution in [1.29, 1.82) is 0 Å². The van der Waals surface area contributed by atoms with Gasteiger partial charge < -0.3 is 10.1 Å². The Kier molecular flexibility index (Phi) is 7.12. The van der Waals surface area contributed by atoms with Crippen LogP contribution < -0.4 is 10.1 Å². The number of carbonyl (C=O) groups is 1. The molecule has 0 spiro atoms. The molecule has 1 amide bonds. The van der Waals surface area contributed by atoms with Crippen LogP contribution in [0.1, 0.15) is 11.1 Å². The van der Waals surface area contributed by atoms with Crippen LogP contribution in [-0.4, -0.2) is 19.1 Å². The highest BCUT2D eigenvalue weighted by Crippen LogP contribution is 2.23. The van der Waals surface area contributed by atoms with Crippen LogP contribution in [0, 0.1) is 0 Å². The number of hydrogen-bond donors (Lipinski definition) is 1. The Morgan fingerprint density at radius 2 is 1.57 bits per heavy atom. The molecule has 0 bridgehead atoms. The molecule has 0 atom stereocenters. The fourth-order valence-corrected chi connectivity index (χ4v) is 2.92. The number of rotatable bonds is 7. The third-order valence-corrected chi connectivity index (χ3v) is 4.60. The second-order valence-corrected chi connectivity index (χ2v) is 6.85. The van der Waals surface area contributed by atoms with E-state index in [1.165, 1.54) is 0 Å². The molecular weight excluding hydrogens is 393 g/mol. The maximum atomic E-state index is 12.8. The maximum Gasteiger partial charge on any atom is 0.252 e. The lowest BCUT2D eigenvalue weighted by molar-refractivity contribution is -0.115. The molecule has 3 aromatic rings. The topological polar surface area (TPSA) is 38.3 Å². The van der Waals surface area contributed by atoms with E-state index in [1.807, 2.05) is 48.5 Å². The van der Waals surface area contributed by atoms with Gasteiger partial charge in [-0.2, -0.15) is 0 Å². The van der Waals surface area contributed by atoms with Gasteiger partial charge in [0.1, 0.15) is 12.4 Å². The summed E-state index contributed by atoms with van der Waals surface area (Å²) in [5, 5.41) is 4.14. The number of halogens is 2. The van der Waals surface area contributed by atoms with Gasteiger partial charge in [0.05, 0.1) is 6.54 Å². The first-order valence-electron chi connectivity index (χ1n) is 8.82. The van der Waals surface area contributed by atoms with Crippen molar-refractivity contribution in [2.24, 2.45) is 0 Å². The largest absolute Gasteiger partial charge is 0.492 e. The number of carbonyl (C=O) groups excluding carboxylic acids is 1. The quantitative estimate of drug-likeness (QED) is 0.306. The summed E-state index contributed by atoms with van der Waals surface area (Å²) in [6.07, 6.45) is 1.80. The SMILES string of the molecule is O=C(NCCOc1ccc(Cl)cc1)/C(=C/c1ccccc1Cl)c1ccccc1. The summed E-state index contributed by atoms with van der Waals surface area (Å²) in [5.74, 6) is 0.513. The van der Waals surface area contributed by atoms with E-state index >= 15 is 0 Å². The molecule has 0 aliphatic rings. The van der Waals surface area contributed by atoms with Crippen molar-refractivity contribution in [3.63, 3.8) is 0 Å². The first kappa shape index (κ1) is 20.0. The molecule has 142 valence electrons. The Balaban J connectivity index is 1.69. The van der Waals surface area contributed by atoms with Crippen molar-refractivity contribution in [3.05, 3.63) is 100 Å². The number of benzene rings is 3. The first-order chi connectivity index (χ1) is 13.6. The summed E-state index contributed by atoms with van der Waals surface area (Å²) >= 11 is 12.1. The van der Waals surface area contributed by atoms with Gasteiger partial charge in [-0.15, -0.1) is 0 Å². The van der Waals surface area contributed by atoms with Crippen LogP contribution in [-0.2, 0) is 4.79 Å². The zero-order valence-corrected chi connectivity index (χ0v) is 16.6. The summed E-state index contributed by atoms with van der Waals surface area (Å²) in [6.45, 7) is 0.718. The molecule has 3 rings (SSSR count). The number of nitrogens with one attached hydrogen (secondary N) is 1. The van der Waals surface area contributed by atoms with Gasteiger partial charge >= 0.3 is 0 Å². The predicted octanol–water partition coefficient (Wildman–Crippen LogP) is 5.73. The number of ether oxygens (including phenoxy) is 1. The minimum absolute atomic E-state index is 0.189. The zero-order chi connectivity index (χ0) is 19.8. The fourth-order valence-electron chi connectivity index (χ4n) is 2.60. The van der Waals surface area contributed by atoms with Gasteiger partial charge in [0.25, 0.3) is 5.91 Å². The smallest absolute Gasteiger partial charge is 0.252 e. The number of hydrogen-bond acceptors (Lipinski definition) is 2. The Morgan fingerprint density at radius 3 is 2.29 bits per heavy atom. The lowest BCUT2D eigenvalue weighted by Crippen LogP contribution is -2.28. The molecule has 3 aromatic carbocycles. The van der Waals surface area contributed by atoms with Gasteiger partial charge in [0, 0.05) is 15.6 Å². The molecule has 0 aliphatic heterocycles. The number of amides is 1. The molecule has 0 radical (unpaired) electrons. The van der Waals surface area contributed by atoms with Crippen LogP contribution in [0.5, 0.6) is 5.75 Å². The van der Waals surface area contributed by atoms with Crippen molar-refractivity contribution in [1.82, 2.24) is 5.32 Å². The summed E-state index contributed by atoms with van der Waals surface area (Å²) in [4.78, 5) is 12.8. The molecule has 0 fully saturated rings. The molecule has 0 aliphatic carbocycles. The van der Waals surface area contributed by atoms with E-state index in [-0.39, 0.29) is 5.91 Å². The van der Waals surface area contributed by atoms with Crippen LogP contribution in [0.25, 0.3) is 11.6 Å². The van der Waals surface area contributed by atoms with Crippen LogP contribution in [0.15, 0.2) is 78.9 Å². The fraction of sp³-hybridized carbons (Fsp3) is 0.0870. The minimum atomic E-state index is -0.189. The van der Waals surface area contributed by atoms with E-state index in [0.29, 0.717) is 34.5 Å². The van der Waals surface area contributed by atoms with Crippen molar-refractivity contribution in [3.8, 4) is 5.75 Å². The van der Waals surface area contributed by atoms with Gasteiger partial charge in [-0.05, 0) is 47.5 Å². The summed E-state index contributed by atoms with van der Waals surface area (Å²) in [5.41, 5.74) is 2.15. The van der Waals surface area contributed by atoms with Gasteiger partial charge in [0.2, 0.25) is 0 Å². The second-order valence-electron chi connectivity index (χ2n) is 6.00. The standard InChI is InChI=1S/C23H19Cl2NO2/c24-19-10-12-20(13-11-19)28-15-14-26-23(27)21(17-6-2-1-3-7-17)16-18-8-4-5-9-22(18)25/h1-13,16H,14-15H2,(H,26,27)/b21-16+. The van der Waals surface area contributed by atoms with E-state index in [0.717, 1.165) is 11.1 Å². The lowest BCUT2D eigenvalue weighted by Gasteiger charge is -2.11. The van der Waals surface area contributed by atoms with E-state index in [9.17, 15) is 4.79 Å². The van der Waals surface area contributed by atoms with Crippen molar-refractivity contribution >= 4 is 40.8 Å². The molecule has 3 nitrogen and oxygen atoms in total. The van der Waals surface area contributed by atoms with E-state index in [1.54, 1.807) is 36.4 Å². The van der Waals surface area contributed by atoms with Crippen molar-refractivity contribution < 1.29 is 9.53 Å². The van der Waals surface area contributed by atoms with Gasteiger partial charge in [-0.25, -0.2) is 0 Å². The van der Waals surface area contributed by atoms with Crippen LogP contribution in [0.3, 0.4) is 0 Å². The third-order valence-electron chi connectivity index (χ3n) is 4.00. The summed E-state index contributed by atoms with van der Waals surface area (Å²) in [6, 6.07) is 24.0. The molecule has 0 saturated heterocycles. The summed E-state index contributed by atoms with van der Waals surface area (Å²) < 4.78 is 5.62. The third kappa shape index (κ3) is 5.62. The van der Waals surface area contributed by atoms with Crippen molar-refractivity contribution in [2.45, 2.75) is 0 Å². The first-order valence-corrected chi connectivity index (χ1v) is 9.57. The minimum Gasteiger partial charge on any atom is -0.492 e. The molecule has 28 heavy (non-hydrogen) atoms. The Bertz CT molecular complexity index is 954. The average molecular weight is 412 g/mol. The van der Waals surface area contributed by atoms with E-state index in [2.05, 4.69) is 5.32 Å². The molecule has 0 aromatic heterocycles. The van der Waals surface area contributed by atoms with Crippen molar-refractivity contribution in [2.75, 3.05) is 13.2 Å². The highest BCUT2D eigenvalue weighted by atomic mass is 35.5. The van der Waals surface area contributed by atoms with Gasteiger partial charge in [0.15, 0.2) is 0 Å². The zero-order valence-electron chi connectivity index (χ0n) is 15.1. The Morgan fingerprint density at radius 1 is 0.893 bits per heavy atom. The van der Waals surface area contributed by atoms with E-state index < -0.39 is 0 Å². The van der Waals surface area contributed by atoms with Gasteiger partial charge in [-0.1, -0.05) is 71.7 Å². The molecular formula is C23H19Cl2NO2. The Labute approximate surface area is 174 Å².